The van der Waals surface area contributed by atoms with Gasteiger partial charge in [-0.05, 0) is 55.3 Å². The highest BCUT2D eigenvalue weighted by Gasteiger charge is 2.16. The van der Waals surface area contributed by atoms with Gasteiger partial charge in [0.25, 0.3) is 0 Å². The third kappa shape index (κ3) is 1.63. The van der Waals surface area contributed by atoms with Crippen LogP contribution < -0.4 is 5.32 Å². The zero-order chi connectivity index (χ0) is 11.0. The first-order valence-electron chi connectivity index (χ1n) is 6.13. The molecule has 3 rings (SSSR count). The lowest BCUT2D eigenvalue weighted by Gasteiger charge is -2.12. The number of aromatic nitrogens is 1. The van der Waals surface area contributed by atoms with Crippen LogP contribution in [0.25, 0.3) is 10.9 Å². The standard InChI is InChI=1S/C14H18N2/c1-10-12(9-13-3-2-7-15-13)5-4-11-6-8-16-14(10)11/h4-6,8,13,15-16H,2-3,7,9H2,1H3. The summed E-state index contributed by atoms with van der Waals surface area (Å²) in [5.41, 5.74) is 4.20. The molecule has 1 aromatic heterocycles. The number of nitrogens with one attached hydrogen (secondary N) is 2. The molecule has 2 N–H and O–H groups in total. The summed E-state index contributed by atoms with van der Waals surface area (Å²) >= 11 is 0. The van der Waals surface area contributed by atoms with Crippen molar-refractivity contribution in [3.63, 3.8) is 0 Å². The van der Waals surface area contributed by atoms with Gasteiger partial charge in [0.15, 0.2) is 0 Å². The van der Waals surface area contributed by atoms with Gasteiger partial charge in [0.1, 0.15) is 0 Å². The minimum Gasteiger partial charge on any atom is -0.361 e. The van der Waals surface area contributed by atoms with E-state index in [-0.39, 0.29) is 0 Å². The molecule has 1 fully saturated rings. The highest BCUT2D eigenvalue weighted by molar-refractivity contribution is 5.83. The molecule has 0 bridgehead atoms. The summed E-state index contributed by atoms with van der Waals surface area (Å²) in [5, 5.41) is 4.88. The molecule has 1 aliphatic heterocycles. The molecule has 1 saturated heterocycles. The Morgan fingerprint density at radius 1 is 1.31 bits per heavy atom. The molecule has 0 aliphatic carbocycles. The van der Waals surface area contributed by atoms with Gasteiger partial charge in [-0.1, -0.05) is 12.1 Å². The highest BCUT2D eigenvalue weighted by Crippen LogP contribution is 2.22. The number of aromatic amines is 1. The zero-order valence-corrected chi connectivity index (χ0v) is 9.72. The van der Waals surface area contributed by atoms with Crippen molar-refractivity contribution in [2.24, 2.45) is 0 Å². The fourth-order valence-corrected chi connectivity index (χ4v) is 2.74. The van der Waals surface area contributed by atoms with Crippen LogP contribution in [0.15, 0.2) is 24.4 Å². The fraction of sp³-hybridized carbons (Fsp3) is 0.429. The van der Waals surface area contributed by atoms with Gasteiger partial charge in [-0.3, -0.25) is 0 Å². The summed E-state index contributed by atoms with van der Waals surface area (Å²) < 4.78 is 0. The van der Waals surface area contributed by atoms with Gasteiger partial charge in [0, 0.05) is 17.8 Å². The maximum absolute atomic E-state index is 3.56. The van der Waals surface area contributed by atoms with Gasteiger partial charge in [-0.25, -0.2) is 0 Å². The Labute approximate surface area is 96.1 Å². The Kier molecular flexibility index (Phi) is 2.44. The number of rotatable bonds is 2. The lowest BCUT2D eigenvalue weighted by molar-refractivity contribution is 0.602. The number of H-pyrrole nitrogens is 1. The minimum atomic E-state index is 0.686. The van der Waals surface area contributed by atoms with Gasteiger partial charge in [0.05, 0.1) is 0 Å². The van der Waals surface area contributed by atoms with Crippen LogP contribution in [-0.2, 0) is 6.42 Å². The van der Waals surface area contributed by atoms with Gasteiger partial charge < -0.3 is 10.3 Å². The molecule has 0 saturated carbocycles. The molecule has 2 heteroatoms. The number of benzene rings is 1. The van der Waals surface area contributed by atoms with E-state index in [1.807, 2.05) is 6.20 Å². The second kappa shape index (κ2) is 3.95. The van der Waals surface area contributed by atoms with E-state index >= 15 is 0 Å². The lowest BCUT2D eigenvalue weighted by Crippen LogP contribution is -2.23. The first kappa shape index (κ1) is 9.91. The molecular weight excluding hydrogens is 196 g/mol. The number of hydrogen-bond acceptors (Lipinski definition) is 1. The van der Waals surface area contributed by atoms with E-state index in [0.29, 0.717) is 6.04 Å². The van der Waals surface area contributed by atoms with E-state index in [0.717, 1.165) is 0 Å². The van der Waals surface area contributed by atoms with E-state index in [4.69, 9.17) is 0 Å². The molecule has 2 aromatic rings. The quantitative estimate of drug-likeness (QED) is 0.790. The van der Waals surface area contributed by atoms with Crippen LogP contribution in [0.5, 0.6) is 0 Å². The Morgan fingerprint density at radius 3 is 3.06 bits per heavy atom. The van der Waals surface area contributed by atoms with Crippen molar-refractivity contribution in [1.82, 2.24) is 10.3 Å². The molecule has 1 unspecified atom stereocenters. The molecule has 84 valence electrons. The van der Waals surface area contributed by atoms with Crippen molar-refractivity contribution in [1.29, 1.82) is 0 Å². The van der Waals surface area contributed by atoms with Crippen molar-refractivity contribution >= 4 is 10.9 Å². The third-order valence-corrected chi connectivity index (χ3v) is 3.73. The maximum atomic E-state index is 3.56. The molecule has 2 nitrogen and oxygen atoms in total. The summed E-state index contributed by atoms with van der Waals surface area (Å²) in [7, 11) is 0. The maximum Gasteiger partial charge on any atom is 0.0486 e. The predicted molar refractivity (Wildman–Crippen MR) is 67.8 cm³/mol. The molecule has 2 heterocycles. The van der Waals surface area contributed by atoms with Crippen molar-refractivity contribution in [2.45, 2.75) is 32.2 Å². The minimum absolute atomic E-state index is 0.686. The number of aryl methyl sites for hydroxylation is 1. The smallest absolute Gasteiger partial charge is 0.0486 e. The van der Waals surface area contributed by atoms with Crippen LogP contribution in [0.1, 0.15) is 24.0 Å². The van der Waals surface area contributed by atoms with E-state index in [2.05, 4.69) is 35.4 Å². The summed E-state index contributed by atoms with van der Waals surface area (Å²) in [4.78, 5) is 3.33. The van der Waals surface area contributed by atoms with Crippen LogP contribution in [-0.4, -0.2) is 17.6 Å². The highest BCUT2D eigenvalue weighted by atomic mass is 14.9. The fourth-order valence-electron chi connectivity index (χ4n) is 2.74. The lowest BCUT2D eigenvalue weighted by atomic mass is 9.98. The average Bonchev–Trinajstić information content (AvgIpc) is 2.93. The van der Waals surface area contributed by atoms with Gasteiger partial charge in [0.2, 0.25) is 0 Å². The molecule has 1 aliphatic rings. The molecule has 1 atom stereocenters. The van der Waals surface area contributed by atoms with Crippen LogP contribution >= 0.6 is 0 Å². The second-order valence-electron chi connectivity index (χ2n) is 4.79. The Morgan fingerprint density at radius 2 is 2.25 bits per heavy atom. The van der Waals surface area contributed by atoms with E-state index in [1.54, 1.807) is 0 Å². The van der Waals surface area contributed by atoms with Gasteiger partial charge in [-0.2, -0.15) is 0 Å². The van der Waals surface area contributed by atoms with Crippen molar-refractivity contribution in [3.8, 4) is 0 Å². The molecule has 16 heavy (non-hydrogen) atoms. The van der Waals surface area contributed by atoms with Crippen molar-refractivity contribution < 1.29 is 0 Å². The summed E-state index contributed by atoms with van der Waals surface area (Å²) in [6, 6.07) is 7.33. The Hall–Kier alpha value is -1.28. The van der Waals surface area contributed by atoms with Crippen LogP contribution in [0.2, 0.25) is 0 Å². The molecule has 0 spiro atoms. The largest absolute Gasteiger partial charge is 0.361 e. The van der Waals surface area contributed by atoms with Crippen molar-refractivity contribution in [3.05, 3.63) is 35.5 Å². The van der Waals surface area contributed by atoms with Crippen LogP contribution in [0.3, 0.4) is 0 Å². The predicted octanol–water partition coefficient (Wildman–Crippen LogP) is 2.77. The number of hydrogen-bond donors (Lipinski definition) is 2. The van der Waals surface area contributed by atoms with Gasteiger partial charge in [-0.15, -0.1) is 0 Å². The molecule has 1 aromatic carbocycles. The monoisotopic (exact) mass is 214 g/mol. The summed E-state index contributed by atoms with van der Waals surface area (Å²) in [5.74, 6) is 0. The Balaban J connectivity index is 1.93. The van der Waals surface area contributed by atoms with Crippen molar-refractivity contribution in [2.75, 3.05) is 6.54 Å². The number of fused-ring (bicyclic) bond motifs is 1. The van der Waals surface area contributed by atoms with Crippen LogP contribution in [0.4, 0.5) is 0 Å². The van der Waals surface area contributed by atoms with Crippen LogP contribution in [0, 0.1) is 6.92 Å². The first-order chi connectivity index (χ1) is 7.84. The average molecular weight is 214 g/mol. The van der Waals surface area contributed by atoms with Gasteiger partial charge >= 0.3 is 0 Å². The van der Waals surface area contributed by atoms with E-state index in [9.17, 15) is 0 Å². The zero-order valence-electron chi connectivity index (χ0n) is 9.72. The summed E-state index contributed by atoms with van der Waals surface area (Å²) in [6.45, 7) is 3.41. The molecular formula is C14H18N2. The summed E-state index contributed by atoms with van der Waals surface area (Å²) in [6.07, 6.45) is 5.84. The second-order valence-corrected chi connectivity index (χ2v) is 4.79. The SMILES string of the molecule is Cc1c(CC2CCCN2)ccc2cc[nH]c12. The Bertz CT molecular complexity index is 492. The van der Waals surface area contributed by atoms with E-state index < -0.39 is 0 Å². The molecule has 0 radical (unpaired) electrons. The molecule has 0 amide bonds. The van der Waals surface area contributed by atoms with E-state index in [1.165, 1.54) is 47.8 Å². The normalized spacial score (nSPS) is 20.7. The first-order valence-corrected chi connectivity index (χ1v) is 6.13. The third-order valence-electron chi connectivity index (χ3n) is 3.73. The topological polar surface area (TPSA) is 27.8 Å².